The third kappa shape index (κ3) is 2.86. The van der Waals surface area contributed by atoms with Crippen molar-refractivity contribution in [2.75, 3.05) is 5.32 Å². The lowest BCUT2D eigenvalue weighted by atomic mass is 9.75. The van der Waals surface area contributed by atoms with Gasteiger partial charge in [-0.3, -0.25) is 10.1 Å². The van der Waals surface area contributed by atoms with Gasteiger partial charge in [0.2, 0.25) is 0 Å². The summed E-state index contributed by atoms with van der Waals surface area (Å²) in [5, 5.41) is 14.7. The summed E-state index contributed by atoms with van der Waals surface area (Å²) in [7, 11) is 0. The van der Waals surface area contributed by atoms with Crippen LogP contribution in [0.5, 0.6) is 0 Å². The Labute approximate surface area is 157 Å². The van der Waals surface area contributed by atoms with Crippen molar-refractivity contribution < 1.29 is 18.1 Å². The van der Waals surface area contributed by atoms with E-state index in [1.807, 2.05) is 6.08 Å². The first-order chi connectivity index (χ1) is 12.8. The Kier molecular flexibility index (Phi) is 4.14. The average molecular weight is 395 g/mol. The fourth-order valence-corrected chi connectivity index (χ4v) is 4.37. The van der Waals surface area contributed by atoms with Crippen molar-refractivity contribution in [1.29, 1.82) is 0 Å². The Hall–Kier alpha value is -2.54. The van der Waals surface area contributed by atoms with Crippen molar-refractivity contribution in [3.63, 3.8) is 0 Å². The summed E-state index contributed by atoms with van der Waals surface area (Å²) in [6.07, 6.45) is -0.410. The van der Waals surface area contributed by atoms with Crippen LogP contribution in [0.3, 0.4) is 0 Å². The predicted octanol–water partition coefficient (Wildman–Crippen LogP) is 6.09. The Morgan fingerprint density at radius 2 is 1.93 bits per heavy atom. The lowest BCUT2D eigenvalue weighted by Crippen LogP contribution is -2.31. The van der Waals surface area contributed by atoms with Crippen molar-refractivity contribution in [3.8, 4) is 0 Å². The molecule has 0 saturated carbocycles. The Morgan fingerprint density at radius 1 is 1.19 bits per heavy atom. The number of nitrogens with one attached hydrogen (secondary N) is 1. The number of hydrogen-bond donors (Lipinski definition) is 1. The van der Waals surface area contributed by atoms with E-state index in [1.54, 1.807) is 24.3 Å². The highest BCUT2D eigenvalue weighted by atomic mass is 35.5. The molecule has 4 nitrogen and oxygen atoms in total. The number of nitro groups is 1. The number of hydrogen-bond acceptors (Lipinski definition) is 3. The highest BCUT2D eigenvalue weighted by Crippen LogP contribution is 2.55. The highest BCUT2D eigenvalue weighted by Gasteiger charge is 2.45. The third-order valence-electron chi connectivity index (χ3n) is 5.24. The molecule has 0 saturated heterocycles. The van der Waals surface area contributed by atoms with Crippen LogP contribution < -0.4 is 5.32 Å². The van der Waals surface area contributed by atoms with Gasteiger partial charge in [-0.15, -0.1) is 0 Å². The van der Waals surface area contributed by atoms with Gasteiger partial charge in [-0.1, -0.05) is 42.0 Å². The lowest BCUT2D eigenvalue weighted by molar-refractivity contribution is -0.385. The van der Waals surface area contributed by atoms with Crippen LogP contribution in [0, 0.1) is 16.0 Å². The van der Waals surface area contributed by atoms with Crippen LogP contribution in [0.2, 0.25) is 5.02 Å². The molecule has 2 aromatic rings. The van der Waals surface area contributed by atoms with Crippen molar-refractivity contribution in [3.05, 3.63) is 80.4 Å². The molecule has 8 heteroatoms. The van der Waals surface area contributed by atoms with Gasteiger partial charge in [0.05, 0.1) is 32.8 Å². The Bertz CT molecular complexity index is 958. The van der Waals surface area contributed by atoms with Crippen LogP contribution in [0.1, 0.15) is 35.1 Å². The molecule has 2 aromatic carbocycles. The number of halogens is 4. The van der Waals surface area contributed by atoms with Gasteiger partial charge in [0.15, 0.2) is 0 Å². The fraction of sp³-hybridized carbons (Fsp3) is 0.263. The van der Waals surface area contributed by atoms with Crippen LogP contribution >= 0.6 is 11.6 Å². The normalized spacial score (nSPS) is 23.5. The zero-order valence-electron chi connectivity index (χ0n) is 13.8. The van der Waals surface area contributed by atoms with Crippen molar-refractivity contribution in [2.45, 2.75) is 24.6 Å². The smallest absolute Gasteiger partial charge is 0.376 e. The van der Waals surface area contributed by atoms with Gasteiger partial charge in [-0.25, -0.2) is 0 Å². The Balaban J connectivity index is 1.91. The molecule has 0 spiro atoms. The molecular weight excluding hydrogens is 381 g/mol. The van der Waals surface area contributed by atoms with Crippen LogP contribution in [0.15, 0.2) is 48.6 Å². The monoisotopic (exact) mass is 394 g/mol. The van der Waals surface area contributed by atoms with E-state index < -0.39 is 28.6 Å². The second-order valence-corrected chi connectivity index (χ2v) is 7.08. The molecule has 2 aliphatic rings. The first-order valence-electron chi connectivity index (χ1n) is 8.35. The number of nitro benzene ring substituents is 1. The highest BCUT2D eigenvalue weighted by molar-refractivity contribution is 6.33. The summed E-state index contributed by atoms with van der Waals surface area (Å²) in [6.45, 7) is 0. The molecule has 1 N–H and O–H groups in total. The minimum absolute atomic E-state index is 0.0628. The van der Waals surface area contributed by atoms with Gasteiger partial charge < -0.3 is 5.32 Å². The van der Waals surface area contributed by atoms with E-state index in [0.717, 1.165) is 6.07 Å². The molecule has 0 bridgehead atoms. The second kappa shape index (κ2) is 6.27. The zero-order valence-corrected chi connectivity index (χ0v) is 14.6. The summed E-state index contributed by atoms with van der Waals surface area (Å²) in [5.41, 5.74) is -0.0319. The maximum absolute atomic E-state index is 13.6. The minimum atomic E-state index is -4.51. The maximum atomic E-state index is 13.6. The average Bonchev–Trinajstić information content (AvgIpc) is 3.10. The summed E-state index contributed by atoms with van der Waals surface area (Å²) >= 11 is 6.22. The molecule has 140 valence electrons. The van der Waals surface area contributed by atoms with E-state index in [4.69, 9.17) is 11.6 Å². The molecule has 0 aromatic heterocycles. The van der Waals surface area contributed by atoms with E-state index in [2.05, 4.69) is 5.32 Å². The molecule has 0 unspecified atom stereocenters. The Morgan fingerprint density at radius 3 is 2.63 bits per heavy atom. The predicted molar refractivity (Wildman–Crippen MR) is 95.9 cm³/mol. The fourth-order valence-electron chi connectivity index (χ4n) is 4.15. The molecule has 4 rings (SSSR count). The third-order valence-corrected chi connectivity index (χ3v) is 5.56. The number of benzene rings is 2. The topological polar surface area (TPSA) is 55.2 Å². The quantitative estimate of drug-likeness (QED) is 0.380. The van der Waals surface area contributed by atoms with Gasteiger partial charge in [0.1, 0.15) is 0 Å². The summed E-state index contributed by atoms with van der Waals surface area (Å²) < 4.78 is 40.7. The number of rotatable bonds is 2. The maximum Gasteiger partial charge on any atom is 0.416 e. The van der Waals surface area contributed by atoms with Crippen molar-refractivity contribution >= 4 is 23.0 Å². The number of allylic oxidation sites excluding steroid dienone is 2. The largest absolute Gasteiger partial charge is 0.416 e. The van der Waals surface area contributed by atoms with E-state index >= 15 is 0 Å². The minimum Gasteiger partial charge on any atom is -0.376 e. The number of fused-ring (bicyclic) bond motifs is 3. The number of anilines is 1. The molecule has 0 radical (unpaired) electrons. The number of nitrogens with zero attached hydrogens (tertiary/aromatic N) is 1. The molecule has 0 fully saturated rings. The van der Waals surface area contributed by atoms with Crippen molar-refractivity contribution in [1.82, 2.24) is 0 Å². The molecule has 1 aliphatic heterocycles. The second-order valence-electron chi connectivity index (χ2n) is 6.67. The summed E-state index contributed by atoms with van der Waals surface area (Å²) in [4.78, 5) is 11.0. The zero-order chi connectivity index (χ0) is 19.3. The number of alkyl halides is 3. The standard InChI is InChI=1S/C19H14ClF3N2O2/c20-14-9-8-13(19(21,22)23)16-10-5-3-6-11(10)17(24-18(14)16)12-4-1-2-7-15(12)25(26)27/h1-5,7-11,17,24H,6H2/t10-,11-,17-/m1/s1. The van der Waals surface area contributed by atoms with Crippen molar-refractivity contribution in [2.24, 2.45) is 5.92 Å². The molecule has 1 heterocycles. The van der Waals surface area contributed by atoms with Gasteiger partial charge in [-0.05, 0) is 30.0 Å². The summed E-state index contributed by atoms with van der Waals surface area (Å²) in [6, 6.07) is 7.99. The lowest BCUT2D eigenvalue weighted by Gasteiger charge is -2.39. The molecule has 1 aliphatic carbocycles. The summed E-state index contributed by atoms with van der Waals surface area (Å²) in [5.74, 6) is -0.778. The van der Waals surface area contributed by atoms with Crippen LogP contribution in [0.25, 0.3) is 0 Å². The van der Waals surface area contributed by atoms with Gasteiger partial charge in [0, 0.05) is 12.0 Å². The van der Waals surface area contributed by atoms with Gasteiger partial charge in [0.25, 0.3) is 5.69 Å². The van der Waals surface area contributed by atoms with Crippen LogP contribution in [0.4, 0.5) is 24.5 Å². The van der Waals surface area contributed by atoms with E-state index in [9.17, 15) is 23.3 Å². The van der Waals surface area contributed by atoms with E-state index in [1.165, 1.54) is 12.1 Å². The molecule has 3 atom stereocenters. The van der Waals surface area contributed by atoms with Gasteiger partial charge >= 0.3 is 6.18 Å². The molecular formula is C19H14ClF3N2O2. The van der Waals surface area contributed by atoms with Crippen LogP contribution in [-0.2, 0) is 6.18 Å². The first kappa shape index (κ1) is 17.9. The number of para-hydroxylation sites is 1. The molecule has 0 amide bonds. The first-order valence-corrected chi connectivity index (χ1v) is 8.73. The SMILES string of the molecule is O=[N+]([O-])c1ccccc1[C@@H]1Nc2c(Cl)ccc(C(F)(F)F)c2[C@@H]2C=CC[C@H]21. The van der Waals surface area contributed by atoms with Crippen LogP contribution in [-0.4, -0.2) is 4.92 Å². The molecule has 27 heavy (non-hydrogen) atoms. The van der Waals surface area contributed by atoms with E-state index in [0.29, 0.717) is 12.0 Å². The van der Waals surface area contributed by atoms with E-state index in [-0.39, 0.29) is 27.9 Å². The van der Waals surface area contributed by atoms with Gasteiger partial charge in [-0.2, -0.15) is 13.2 Å².